The summed E-state index contributed by atoms with van der Waals surface area (Å²) in [5.74, 6) is 0. The van der Waals surface area contributed by atoms with Crippen LogP contribution >= 0.6 is 0 Å². The van der Waals surface area contributed by atoms with Gasteiger partial charge in [-0.2, -0.15) is 0 Å². The highest BCUT2D eigenvalue weighted by atomic mass is 16.3. The highest BCUT2D eigenvalue weighted by Crippen LogP contribution is 2.63. The molecule has 0 amide bonds. The Hall–Kier alpha value is -8.98. The van der Waals surface area contributed by atoms with E-state index in [0.717, 1.165) is 44.7 Å². The molecule has 0 saturated heterocycles. The Balaban J connectivity index is 0.979. The van der Waals surface area contributed by atoms with Gasteiger partial charge in [0.1, 0.15) is 11.2 Å². The summed E-state index contributed by atoms with van der Waals surface area (Å²) in [6.45, 7) is 0. The van der Waals surface area contributed by atoms with Crippen molar-refractivity contribution < 1.29 is 4.42 Å². The Morgan fingerprint density at radius 2 is 0.783 bits per heavy atom. The van der Waals surface area contributed by atoms with Crippen molar-refractivity contribution in [3.8, 4) is 44.5 Å². The number of anilines is 3. The molecule has 0 unspecified atom stereocenters. The Bertz CT molecular complexity index is 4190. The Kier molecular flexibility index (Phi) is 8.02. The van der Waals surface area contributed by atoms with Gasteiger partial charge in [-0.05, 0) is 143 Å². The zero-order valence-electron chi connectivity index (χ0n) is 37.5. The predicted octanol–water partition coefficient (Wildman–Crippen LogP) is 18.2. The first-order valence-electron chi connectivity index (χ1n) is 23.9. The molecule has 320 valence electrons. The van der Waals surface area contributed by atoms with Crippen molar-refractivity contribution in [2.24, 2.45) is 0 Å². The van der Waals surface area contributed by atoms with Crippen LogP contribution in [0.15, 0.2) is 253 Å². The number of benzene rings is 12. The molecule has 0 atom stereocenters. The lowest BCUT2D eigenvalue weighted by molar-refractivity contribution is 0.669. The van der Waals surface area contributed by atoms with Gasteiger partial charge in [0.2, 0.25) is 0 Å². The van der Waals surface area contributed by atoms with Crippen LogP contribution in [0.2, 0.25) is 0 Å². The zero-order valence-corrected chi connectivity index (χ0v) is 37.5. The SMILES string of the molecule is c1ccc(-c2ccc(N(c3ccc4c(c3)C3(c5ccccc5-c5ccccc53)c3ccccc3-4)c3ccccc3-c3ccc4c5ccccc5c5c(ccc6oc7ccccc7c65)c4c3)cc2)cc1. The molecular formula is C67H41NO. The van der Waals surface area contributed by atoms with Gasteiger partial charge in [-0.3, -0.25) is 0 Å². The van der Waals surface area contributed by atoms with E-state index in [1.54, 1.807) is 0 Å². The molecule has 2 aliphatic carbocycles. The molecule has 0 bridgehead atoms. The fourth-order valence-electron chi connectivity index (χ4n) is 12.4. The molecular weight excluding hydrogens is 835 g/mol. The summed E-state index contributed by atoms with van der Waals surface area (Å²) in [6, 6.07) is 91.9. The second-order valence-electron chi connectivity index (χ2n) is 18.6. The van der Waals surface area contributed by atoms with Crippen LogP contribution in [0.3, 0.4) is 0 Å². The summed E-state index contributed by atoms with van der Waals surface area (Å²) in [5, 5.41) is 9.69. The summed E-state index contributed by atoms with van der Waals surface area (Å²) in [4.78, 5) is 2.48. The van der Waals surface area contributed by atoms with Gasteiger partial charge in [-0.15, -0.1) is 0 Å². The van der Waals surface area contributed by atoms with Gasteiger partial charge in [0.15, 0.2) is 0 Å². The number of rotatable bonds is 5. The van der Waals surface area contributed by atoms with E-state index in [4.69, 9.17) is 4.42 Å². The van der Waals surface area contributed by atoms with E-state index in [9.17, 15) is 0 Å². The van der Waals surface area contributed by atoms with E-state index in [1.165, 1.54) is 93.3 Å². The van der Waals surface area contributed by atoms with Crippen LogP contribution < -0.4 is 4.90 Å². The number of para-hydroxylation sites is 2. The number of nitrogens with zero attached hydrogens (tertiary/aromatic N) is 1. The second kappa shape index (κ2) is 14.5. The number of fused-ring (bicyclic) bond motifs is 20. The lowest BCUT2D eigenvalue weighted by Gasteiger charge is -2.32. The average Bonchev–Trinajstić information content (AvgIpc) is 4.06. The number of hydrogen-bond acceptors (Lipinski definition) is 2. The Morgan fingerprint density at radius 3 is 1.51 bits per heavy atom. The third-order valence-electron chi connectivity index (χ3n) is 15.3. The third kappa shape index (κ3) is 5.31. The number of furan rings is 1. The van der Waals surface area contributed by atoms with E-state index >= 15 is 0 Å². The molecule has 2 aliphatic rings. The highest BCUT2D eigenvalue weighted by molar-refractivity contribution is 6.34. The lowest BCUT2D eigenvalue weighted by atomic mass is 9.70. The molecule has 0 fully saturated rings. The summed E-state index contributed by atoms with van der Waals surface area (Å²) >= 11 is 0. The van der Waals surface area contributed by atoms with Crippen molar-refractivity contribution in [2.45, 2.75) is 5.41 Å². The molecule has 12 aromatic carbocycles. The monoisotopic (exact) mass is 875 g/mol. The molecule has 1 spiro atoms. The van der Waals surface area contributed by atoms with Crippen molar-refractivity contribution in [2.75, 3.05) is 4.90 Å². The molecule has 0 N–H and O–H groups in total. The van der Waals surface area contributed by atoms with E-state index in [-0.39, 0.29) is 0 Å². The molecule has 2 heteroatoms. The Labute approximate surface area is 399 Å². The largest absolute Gasteiger partial charge is 0.456 e. The molecule has 2 nitrogen and oxygen atoms in total. The molecule has 13 aromatic rings. The predicted molar refractivity (Wildman–Crippen MR) is 288 cm³/mol. The van der Waals surface area contributed by atoms with E-state index in [2.05, 4.69) is 254 Å². The zero-order chi connectivity index (χ0) is 45.2. The van der Waals surface area contributed by atoms with Gasteiger partial charge in [0.25, 0.3) is 0 Å². The molecule has 15 rings (SSSR count). The van der Waals surface area contributed by atoms with E-state index in [1.807, 2.05) is 0 Å². The van der Waals surface area contributed by atoms with Crippen molar-refractivity contribution >= 4 is 71.3 Å². The van der Waals surface area contributed by atoms with Crippen LogP contribution in [-0.4, -0.2) is 0 Å². The van der Waals surface area contributed by atoms with Crippen LogP contribution in [0, 0.1) is 0 Å². The van der Waals surface area contributed by atoms with E-state index < -0.39 is 5.41 Å². The summed E-state index contributed by atoms with van der Waals surface area (Å²) < 4.78 is 6.48. The van der Waals surface area contributed by atoms with Crippen LogP contribution in [0.25, 0.3) is 98.8 Å². The van der Waals surface area contributed by atoms with Crippen molar-refractivity contribution in [3.63, 3.8) is 0 Å². The van der Waals surface area contributed by atoms with E-state index in [0.29, 0.717) is 0 Å². The van der Waals surface area contributed by atoms with Gasteiger partial charge in [-0.25, -0.2) is 0 Å². The minimum absolute atomic E-state index is 0.467. The first-order chi connectivity index (χ1) is 34.2. The lowest BCUT2D eigenvalue weighted by Crippen LogP contribution is -2.26. The quantitative estimate of drug-likeness (QED) is 0.160. The first kappa shape index (κ1) is 38.2. The maximum atomic E-state index is 6.48. The average molecular weight is 876 g/mol. The molecule has 0 aliphatic heterocycles. The van der Waals surface area contributed by atoms with Crippen LogP contribution in [0.1, 0.15) is 22.3 Å². The maximum absolute atomic E-state index is 6.48. The third-order valence-corrected chi connectivity index (χ3v) is 15.3. The summed E-state index contributed by atoms with van der Waals surface area (Å²) in [7, 11) is 0. The standard InChI is InChI=1S/C67H41NO/c1-2-16-42(17-3-1)43-30-33-45(34-31-43)68(46-35-37-53-52-22-8-13-27-60(52)67(61(53)41-46)58-25-11-6-20-50(58)51-21-7-12-26-59(51)67)62-28-14-9-18-47(62)44-32-36-49-48-19-4-5-23-54(48)65-55(57(49)40-44)38-39-64-66(65)56-24-10-15-29-63(56)69-64/h1-41H. The minimum Gasteiger partial charge on any atom is -0.456 e. The maximum Gasteiger partial charge on any atom is 0.136 e. The molecule has 1 aromatic heterocycles. The van der Waals surface area contributed by atoms with Crippen LogP contribution in [0.4, 0.5) is 17.1 Å². The molecule has 0 radical (unpaired) electrons. The second-order valence-corrected chi connectivity index (χ2v) is 18.6. The van der Waals surface area contributed by atoms with Gasteiger partial charge in [0.05, 0.1) is 11.1 Å². The van der Waals surface area contributed by atoms with Crippen molar-refractivity contribution in [3.05, 3.63) is 271 Å². The van der Waals surface area contributed by atoms with Gasteiger partial charge in [0, 0.05) is 33.1 Å². The van der Waals surface area contributed by atoms with Gasteiger partial charge in [-0.1, -0.05) is 194 Å². The highest BCUT2D eigenvalue weighted by Gasteiger charge is 2.51. The topological polar surface area (TPSA) is 16.4 Å². The fourth-order valence-corrected chi connectivity index (χ4v) is 12.4. The number of hydrogen-bond donors (Lipinski definition) is 0. The van der Waals surface area contributed by atoms with Crippen molar-refractivity contribution in [1.82, 2.24) is 0 Å². The van der Waals surface area contributed by atoms with Gasteiger partial charge < -0.3 is 9.32 Å². The minimum atomic E-state index is -0.467. The van der Waals surface area contributed by atoms with Crippen LogP contribution in [0.5, 0.6) is 0 Å². The summed E-state index contributed by atoms with van der Waals surface area (Å²) in [6.07, 6.45) is 0. The summed E-state index contributed by atoms with van der Waals surface area (Å²) in [5.41, 5.74) is 19.8. The normalized spacial score (nSPS) is 13.0. The fraction of sp³-hybridized carbons (Fsp3) is 0.0149. The van der Waals surface area contributed by atoms with Crippen molar-refractivity contribution in [1.29, 1.82) is 0 Å². The molecule has 1 heterocycles. The first-order valence-corrected chi connectivity index (χ1v) is 23.9. The molecule has 0 saturated carbocycles. The Morgan fingerprint density at radius 1 is 0.275 bits per heavy atom. The smallest absolute Gasteiger partial charge is 0.136 e. The van der Waals surface area contributed by atoms with Crippen LogP contribution in [-0.2, 0) is 5.41 Å². The molecule has 69 heavy (non-hydrogen) atoms. The van der Waals surface area contributed by atoms with Gasteiger partial charge >= 0.3 is 0 Å².